The number of carbonyl (C=O) groups is 1. The molecule has 7 nitrogen and oxygen atoms in total. The summed E-state index contributed by atoms with van der Waals surface area (Å²) in [7, 11) is 0. The molecule has 2 heterocycles. The molecule has 1 unspecified atom stereocenters. The first kappa shape index (κ1) is 22.2. The number of hydrogen-bond donors (Lipinski definition) is 1. The van der Waals surface area contributed by atoms with Crippen LogP contribution in [0.1, 0.15) is 35.0 Å². The Bertz CT molecular complexity index is 1010. The number of benzene rings is 2. The molecule has 0 bridgehead atoms. The second-order valence-electron chi connectivity index (χ2n) is 8.31. The van der Waals surface area contributed by atoms with Crippen LogP contribution >= 0.6 is 0 Å². The Morgan fingerprint density at radius 1 is 1.00 bits per heavy atom. The highest BCUT2D eigenvalue weighted by Gasteiger charge is 2.20. The minimum Gasteiger partial charge on any atom is -0.421 e. The van der Waals surface area contributed by atoms with Gasteiger partial charge < -0.3 is 14.5 Å². The van der Waals surface area contributed by atoms with Crippen LogP contribution in [-0.2, 0) is 16.0 Å². The molecule has 1 atom stereocenters. The third kappa shape index (κ3) is 6.02. The van der Waals surface area contributed by atoms with E-state index in [4.69, 9.17) is 9.15 Å². The number of carbonyl (C=O) groups excluding carboxylic acids is 1. The Morgan fingerprint density at radius 2 is 1.66 bits per heavy atom. The van der Waals surface area contributed by atoms with Crippen molar-refractivity contribution in [1.29, 1.82) is 0 Å². The lowest BCUT2D eigenvalue weighted by Gasteiger charge is -2.31. The number of ether oxygens (including phenoxy) is 1. The molecule has 0 saturated carbocycles. The van der Waals surface area contributed by atoms with E-state index >= 15 is 0 Å². The summed E-state index contributed by atoms with van der Waals surface area (Å²) in [5.41, 5.74) is 4.36. The summed E-state index contributed by atoms with van der Waals surface area (Å²) in [5.74, 6) is 0.917. The lowest BCUT2D eigenvalue weighted by atomic mass is 10.0. The molecule has 168 valence electrons. The largest absolute Gasteiger partial charge is 0.421 e. The van der Waals surface area contributed by atoms with Crippen molar-refractivity contribution in [1.82, 2.24) is 20.4 Å². The fourth-order valence-corrected chi connectivity index (χ4v) is 3.73. The molecule has 1 fully saturated rings. The van der Waals surface area contributed by atoms with Crippen molar-refractivity contribution in [3.8, 4) is 11.5 Å². The number of rotatable bonds is 8. The van der Waals surface area contributed by atoms with E-state index in [0.717, 1.165) is 44.0 Å². The summed E-state index contributed by atoms with van der Waals surface area (Å²) in [6.07, 6.45) is 0.698. The summed E-state index contributed by atoms with van der Waals surface area (Å²) in [6.45, 7) is 8.07. The summed E-state index contributed by atoms with van der Waals surface area (Å²) >= 11 is 0. The van der Waals surface area contributed by atoms with Gasteiger partial charge in [0, 0.05) is 38.0 Å². The molecular weight excluding hydrogens is 404 g/mol. The number of amides is 1. The molecule has 1 amide bonds. The van der Waals surface area contributed by atoms with Gasteiger partial charge in [-0.3, -0.25) is 9.69 Å². The Kier molecular flexibility index (Phi) is 7.29. The minimum atomic E-state index is -0.0768. The maximum atomic E-state index is 12.8. The zero-order chi connectivity index (χ0) is 22.3. The van der Waals surface area contributed by atoms with E-state index in [-0.39, 0.29) is 11.9 Å². The standard InChI is InChI=1S/C25H30N4O3/c1-18-3-7-20(8-4-18)22(17-29-13-15-31-16-14-29)26-23(30)11-12-24-27-28-25(32-24)21-9-5-19(2)6-10-21/h3-10,22H,11-17H2,1-2H3,(H,26,30). The molecule has 32 heavy (non-hydrogen) atoms. The molecule has 1 aliphatic heterocycles. The average Bonchev–Trinajstić information content (AvgIpc) is 3.28. The van der Waals surface area contributed by atoms with Crippen LogP contribution in [0.15, 0.2) is 52.9 Å². The van der Waals surface area contributed by atoms with E-state index < -0.39 is 0 Å². The lowest BCUT2D eigenvalue weighted by Crippen LogP contribution is -2.43. The second-order valence-corrected chi connectivity index (χ2v) is 8.31. The first-order valence-corrected chi connectivity index (χ1v) is 11.1. The van der Waals surface area contributed by atoms with Gasteiger partial charge in [0.2, 0.25) is 17.7 Å². The van der Waals surface area contributed by atoms with Gasteiger partial charge in [-0.25, -0.2) is 0 Å². The Hall–Kier alpha value is -3.03. The van der Waals surface area contributed by atoms with Crippen molar-refractivity contribution in [3.63, 3.8) is 0 Å². The molecule has 2 aromatic carbocycles. The van der Waals surface area contributed by atoms with Crippen molar-refractivity contribution < 1.29 is 13.9 Å². The van der Waals surface area contributed by atoms with Gasteiger partial charge in [-0.15, -0.1) is 10.2 Å². The molecule has 1 aliphatic rings. The Morgan fingerprint density at radius 3 is 2.34 bits per heavy atom. The average molecular weight is 435 g/mol. The van der Waals surface area contributed by atoms with Crippen LogP contribution in [-0.4, -0.2) is 53.9 Å². The predicted molar refractivity (Wildman–Crippen MR) is 122 cm³/mol. The summed E-state index contributed by atoms with van der Waals surface area (Å²) in [6, 6.07) is 16.2. The highest BCUT2D eigenvalue weighted by Crippen LogP contribution is 2.20. The van der Waals surface area contributed by atoms with Crippen molar-refractivity contribution in [2.24, 2.45) is 0 Å². The lowest BCUT2D eigenvalue weighted by molar-refractivity contribution is -0.122. The molecule has 4 rings (SSSR count). The van der Waals surface area contributed by atoms with Crippen LogP contribution in [0.4, 0.5) is 0 Å². The first-order chi connectivity index (χ1) is 15.6. The molecule has 7 heteroatoms. The quantitative estimate of drug-likeness (QED) is 0.585. The highest BCUT2D eigenvalue weighted by molar-refractivity contribution is 5.76. The molecule has 0 spiro atoms. The molecule has 3 aromatic rings. The molecule has 1 aromatic heterocycles. The number of nitrogens with one attached hydrogen (secondary N) is 1. The Labute approximate surface area is 188 Å². The first-order valence-electron chi connectivity index (χ1n) is 11.1. The zero-order valence-electron chi connectivity index (χ0n) is 18.7. The fourth-order valence-electron chi connectivity index (χ4n) is 3.73. The van der Waals surface area contributed by atoms with E-state index in [1.54, 1.807) is 0 Å². The number of morpholine rings is 1. The topological polar surface area (TPSA) is 80.5 Å². The van der Waals surface area contributed by atoms with Gasteiger partial charge in [0.25, 0.3) is 0 Å². The van der Waals surface area contributed by atoms with Crippen LogP contribution in [0.2, 0.25) is 0 Å². The van der Waals surface area contributed by atoms with Crippen LogP contribution in [0.25, 0.3) is 11.5 Å². The van der Waals surface area contributed by atoms with Crippen LogP contribution in [0.3, 0.4) is 0 Å². The highest BCUT2D eigenvalue weighted by atomic mass is 16.5. The second kappa shape index (κ2) is 10.5. The number of hydrogen-bond acceptors (Lipinski definition) is 6. The van der Waals surface area contributed by atoms with Gasteiger partial charge in [0.05, 0.1) is 19.3 Å². The molecule has 1 saturated heterocycles. The van der Waals surface area contributed by atoms with Crippen LogP contribution < -0.4 is 5.32 Å². The van der Waals surface area contributed by atoms with E-state index in [0.29, 0.717) is 24.6 Å². The van der Waals surface area contributed by atoms with Gasteiger partial charge >= 0.3 is 0 Å². The van der Waals surface area contributed by atoms with E-state index in [9.17, 15) is 4.79 Å². The molecular formula is C25H30N4O3. The minimum absolute atomic E-state index is 0.0288. The van der Waals surface area contributed by atoms with Gasteiger partial charge in [-0.2, -0.15) is 0 Å². The zero-order valence-corrected chi connectivity index (χ0v) is 18.7. The molecule has 0 aliphatic carbocycles. The van der Waals surface area contributed by atoms with Crippen molar-refractivity contribution >= 4 is 5.91 Å². The maximum absolute atomic E-state index is 12.8. The van der Waals surface area contributed by atoms with Crippen molar-refractivity contribution in [2.45, 2.75) is 32.7 Å². The third-order valence-electron chi connectivity index (χ3n) is 5.69. The molecule has 0 radical (unpaired) electrons. The normalized spacial score (nSPS) is 15.4. The number of aromatic nitrogens is 2. The molecule has 1 N–H and O–H groups in total. The SMILES string of the molecule is Cc1ccc(-c2nnc(CCC(=O)NC(CN3CCOCC3)c3ccc(C)cc3)o2)cc1. The van der Waals surface area contributed by atoms with E-state index in [2.05, 4.69) is 51.6 Å². The number of aryl methyl sites for hydroxylation is 3. The summed E-state index contributed by atoms with van der Waals surface area (Å²) in [5, 5.41) is 11.4. The summed E-state index contributed by atoms with van der Waals surface area (Å²) < 4.78 is 11.2. The predicted octanol–water partition coefficient (Wildman–Crippen LogP) is 3.48. The maximum Gasteiger partial charge on any atom is 0.247 e. The van der Waals surface area contributed by atoms with Crippen LogP contribution in [0, 0.1) is 13.8 Å². The van der Waals surface area contributed by atoms with Crippen LogP contribution in [0.5, 0.6) is 0 Å². The Balaban J connectivity index is 1.36. The fraction of sp³-hybridized carbons (Fsp3) is 0.400. The van der Waals surface area contributed by atoms with Gasteiger partial charge in [-0.05, 0) is 31.5 Å². The van der Waals surface area contributed by atoms with E-state index in [1.165, 1.54) is 11.1 Å². The van der Waals surface area contributed by atoms with E-state index in [1.807, 2.05) is 31.2 Å². The van der Waals surface area contributed by atoms with Gasteiger partial charge in [-0.1, -0.05) is 47.5 Å². The summed E-state index contributed by atoms with van der Waals surface area (Å²) in [4.78, 5) is 15.1. The van der Waals surface area contributed by atoms with Gasteiger partial charge in [0.1, 0.15) is 0 Å². The smallest absolute Gasteiger partial charge is 0.247 e. The van der Waals surface area contributed by atoms with Gasteiger partial charge in [0.15, 0.2) is 0 Å². The third-order valence-corrected chi connectivity index (χ3v) is 5.69. The monoisotopic (exact) mass is 434 g/mol. The van der Waals surface area contributed by atoms with Crippen molar-refractivity contribution in [3.05, 3.63) is 71.1 Å². The van der Waals surface area contributed by atoms with Crippen molar-refractivity contribution in [2.75, 3.05) is 32.8 Å². The number of nitrogens with zero attached hydrogens (tertiary/aromatic N) is 3.